The Morgan fingerprint density at radius 3 is 2.50 bits per heavy atom. The lowest BCUT2D eigenvalue weighted by molar-refractivity contribution is -0.121. The number of rotatable bonds is 7. The molecular formula is C29H29ClN6O4. The van der Waals surface area contributed by atoms with Gasteiger partial charge in [-0.2, -0.15) is 0 Å². The van der Waals surface area contributed by atoms with Crippen LogP contribution in [0.2, 0.25) is 0 Å². The molecule has 0 saturated heterocycles. The first kappa shape index (κ1) is 27.1. The van der Waals surface area contributed by atoms with E-state index < -0.39 is 5.91 Å². The van der Waals surface area contributed by atoms with Crippen molar-refractivity contribution in [3.8, 4) is 11.3 Å². The Bertz CT molecular complexity index is 1640. The van der Waals surface area contributed by atoms with Crippen molar-refractivity contribution in [3.05, 3.63) is 82.5 Å². The number of anilines is 1. The number of allylic oxidation sites excluding steroid dienone is 1. The topological polar surface area (TPSA) is 165 Å². The average molecular weight is 561 g/mol. The lowest BCUT2D eigenvalue weighted by atomic mass is 9.81. The van der Waals surface area contributed by atoms with Gasteiger partial charge in [0.25, 0.3) is 5.91 Å². The van der Waals surface area contributed by atoms with E-state index in [-0.39, 0.29) is 42.3 Å². The van der Waals surface area contributed by atoms with Gasteiger partial charge in [0.1, 0.15) is 17.4 Å². The minimum absolute atomic E-state index is 0. The maximum absolute atomic E-state index is 12.7. The second-order valence-electron chi connectivity index (χ2n) is 9.97. The van der Waals surface area contributed by atoms with Crippen LogP contribution in [0, 0.1) is 0 Å². The van der Waals surface area contributed by atoms with Crippen molar-refractivity contribution in [2.45, 2.75) is 31.1 Å². The molecule has 2 unspecified atom stereocenters. The van der Waals surface area contributed by atoms with Crippen molar-refractivity contribution in [2.24, 2.45) is 11.6 Å². The summed E-state index contributed by atoms with van der Waals surface area (Å²) < 4.78 is 6.29. The Balaban J connectivity index is 0.00000323. The van der Waals surface area contributed by atoms with Crippen LogP contribution in [-0.4, -0.2) is 30.8 Å². The van der Waals surface area contributed by atoms with Crippen molar-refractivity contribution >= 4 is 46.6 Å². The molecule has 0 bridgehead atoms. The van der Waals surface area contributed by atoms with Gasteiger partial charge in [0.05, 0.1) is 0 Å². The van der Waals surface area contributed by atoms with Crippen molar-refractivity contribution in [3.63, 3.8) is 0 Å². The molecule has 6 rings (SSSR count). The molecule has 1 aromatic heterocycles. The van der Waals surface area contributed by atoms with Gasteiger partial charge in [-0.15, -0.1) is 12.4 Å². The van der Waals surface area contributed by atoms with Crippen LogP contribution in [-0.2, 0) is 22.4 Å². The molecule has 2 amide bonds. The Labute approximate surface area is 236 Å². The second-order valence-corrected chi connectivity index (χ2v) is 9.97. The third-order valence-electron chi connectivity index (χ3n) is 7.66. The molecule has 3 aliphatic heterocycles. The normalized spacial score (nSPS) is 18.5. The smallest absolute Gasteiger partial charge is 0.285 e. The lowest BCUT2D eigenvalue weighted by Crippen LogP contribution is -2.30. The predicted molar refractivity (Wildman–Crippen MR) is 154 cm³/mol. The van der Waals surface area contributed by atoms with Crippen molar-refractivity contribution < 1.29 is 18.8 Å². The van der Waals surface area contributed by atoms with Gasteiger partial charge in [-0.1, -0.05) is 12.2 Å². The second kappa shape index (κ2) is 10.9. The minimum Gasteiger partial charge on any atom is -0.450 e. The van der Waals surface area contributed by atoms with Crippen LogP contribution in [0.5, 0.6) is 0 Å². The monoisotopic (exact) mass is 560 g/mol. The molecule has 0 spiro atoms. The molecule has 40 heavy (non-hydrogen) atoms. The minimum atomic E-state index is -0.660. The number of fused-ring (bicyclic) bond motifs is 2. The number of nitrogens with one attached hydrogen (secondary N) is 4. The van der Waals surface area contributed by atoms with Gasteiger partial charge in [-0.05, 0) is 65.3 Å². The summed E-state index contributed by atoms with van der Waals surface area (Å²) in [5, 5.41) is 11.0. The largest absolute Gasteiger partial charge is 0.450 e. The summed E-state index contributed by atoms with van der Waals surface area (Å²) in [6.07, 6.45) is 9.09. The standard InChI is InChI=1S/C29H28N6O4.ClH/c30-29(38)28-22-11-21(16-5-7-32-12-16)20(2-4-24(37)35-31)25(17-6-8-33-13-17)26(22)27(39-28)15-1-3-23-18(9-15)10-19(14-36)34-23;/h1,3,5-9,11,16-17,32-34H,2,4,10,12-13,31H2,(H2,30,38)(H,35,37);1H. The molecule has 206 valence electrons. The number of hydrazine groups is 1. The van der Waals surface area contributed by atoms with Gasteiger partial charge in [0.15, 0.2) is 5.76 Å². The first-order valence-corrected chi connectivity index (χ1v) is 12.8. The first-order chi connectivity index (χ1) is 19.0. The Morgan fingerprint density at radius 2 is 1.85 bits per heavy atom. The number of amides is 2. The first-order valence-electron chi connectivity index (χ1n) is 12.8. The summed E-state index contributed by atoms with van der Waals surface area (Å²) in [7, 11) is 0. The summed E-state index contributed by atoms with van der Waals surface area (Å²) in [4.78, 5) is 36.2. The van der Waals surface area contributed by atoms with Gasteiger partial charge < -0.3 is 26.1 Å². The van der Waals surface area contributed by atoms with Crippen LogP contribution in [0.15, 0.2) is 58.9 Å². The fraction of sp³-hybridized carbons (Fsp3) is 0.241. The Morgan fingerprint density at radius 1 is 1.10 bits per heavy atom. The van der Waals surface area contributed by atoms with E-state index >= 15 is 0 Å². The highest BCUT2D eigenvalue weighted by atomic mass is 35.5. The number of carbonyl (C=O) groups excluding carboxylic acids is 3. The van der Waals surface area contributed by atoms with E-state index in [0.29, 0.717) is 42.8 Å². The molecule has 11 heteroatoms. The van der Waals surface area contributed by atoms with Gasteiger partial charge in [0, 0.05) is 59.8 Å². The summed E-state index contributed by atoms with van der Waals surface area (Å²) in [5.41, 5.74) is 14.1. The molecule has 0 radical (unpaired) electrons. The number of nitrogens with two attached hydrogens (primary N) is 2. The molecule has 4 heterocycles. The molecule has 3 aromatic rings. The SMILES string of the molecule is Cl.NNC(=O)CCc1c(C2C=CNC2)cc2c(C(N)=O)oc(-c3ccc4c(c3)CC(=C=O)N4)c2c1C1C=CNC1. The molecule has 2 atom stereocenters. The maximum Gasteiger partial charge on any atom is 0.285 e. The lowest BCUT2D eigenvalue weighted by Gasteiger charge is -2.23. The number of hydrogen-bond donors (Lipinski definition) is 6. The number of hydrogen-bond acceptors (Lipinski definition) is 8. The summed E-state index contributed by atoms with van der Waals surface area (Å²) in [6, 6.07) is 7.73. The van der Waals surface area contributed by atoms with Crippen molar-refractivity contribution in [2.75, 3.05) is 18.4 Å². The molecule has 10 nitrogen and oxygen atoms in total. The third kappa shape index (κ3) is 4.62. The van der Waals surface area contributed by atoms with Crippen molar-refractivity contribution in [1.82, 2.24) is 16.1 Å². The van der Waals surface area contributed by atoms with E-state index in [0.717, 1.165) is 38.9 Å². The summed E-state index contributed by atoms with van der Waals surface area (Å²) in [5.74, 6) is 7.05. The highest BCUT2D eigenvalue weighted by molar-refractivity contribution is 6.10. The van der Waals surface area contributed by atoms with Crippen LogP contribution in [0.3, 0.4) is 0 Å². The van der Waals surface area contributed by atoms with E-state index in [1.807, 2.05) is 42.6 Å². The zero-order chi connectivity index (χ0) is 27.1. The fourth-order valence-corrected chi connectivity index (χ4v) is 5.88. The van der Waals surface area contributed by atoms with E-state index in [9.17, 15) is 14.4 Å². The third-order valence-corrected chi connectivity index (χ3v) is 7.66. The number of benzene rings is 2. The maximum atomic E-state index is 12.7. The highest BCUT2D eigenvalue weighted by Gasteiger charge is 2.31. The fourth-order valence-electron chi connectivity index (χ4n) is 5.88. The van der Waals surface area contributed by atoms with Crippen LogP contribution >= 0.6 is 12.4 Å². The van der Waals surface area contributed by atoms with E-state index in [1.165, 1.54) is 0 Å². The Kier molecular flexibility index (Phi) is 7.40. The highest BCUT2D eigenvalue weighted by Crippen LogP contribution is 2.45. The van der Waals surface area contributed by atoms with E-state index in [4.69, 9.17) is 16.0 Å². The number of halogens is 1. The quantitative estimate of drug-likeness (QED) is 0.111. The average Bonchev–Trinajstić information content (AvgIpc) is 3.76. The predicted octanol–water partition coefficient (Wildman–Crippen LogP) is 2.63. The van der Waals surface area contributed by atoms with E-state index in [1.54, 1.807) is 0 Å². The Hall–Kier alpha value is -4.50. The zero-order valence-corrected chi connectivity index (χ0v) is 22.3. The number of furan rings is 1. The number of primary amides is 1. The summed E-state index contributed by atoms with van der Waals surface area (Å²) >= 11 is 0. The molecule has 0 fully saturated rings. The molecule has 0 saturated carbocycles. The van der Waals surface area contributed by atoms with Crippen LogP contribution in [0.25, 0.3) is 22.1 Å². The van der Waals surface area contributed by atoms with Crippen LogP contribution in [0.4, 0.5) is 5.69 Å². The molecular weight excluding hydrogens is 532 g/mol. The zero-order valence-electron chi connectivity index (χ0n) is 21.5. The molecule has 8 N–H and O–H groups in total. The van der Waals surface area contributed by atoms with Gasteiger partial charge >= 0.3 is 0 Å². The number of carbonyl (C=O) groups is 2. The van der Waals surface area contributed by atoms with Gasteiger partial charge in [-0.25, -0.2) is 10.6 Å². The molecule has 2 aromatic carbocycles. The van der Waals surface area contributed by atoms with E-state index in [2.05, 4.69) is 33.5 Å². The molecule has 3 aliphatic rings. The van der Waals surface area contributed by atoms with Gasteiger partial charge in [-0.3, -0.25) is 15.0 Å². The molecule has 0 aliphatic carbocycles. The summed E-state index contributed by atoms with van der Waals surface area (Å²) in [6.45, 7) is 1.35. The van der Waals surface area contributed by atoms with Gasteiger partial charge in [0.2, 0.25) is 5.91 Å². The van der Waals surface area contributed by atoms with Crippen LogP contribution in [0.1, 0.15) is 51.1 Å². The van der Waals surface area contributed by atoms with Crippen molar-refractivity contribution in [1.29, 1.82) is 0 Å². The van der Waals surface area contributed by atoms with Crippen LogP contribution < -0.4 is 33.0 Å².